The van der Waals surface area contributed by atoms with Crippen LogP contribution in [0.1, 0.15) is 6.92 Å². The highest BCUT2D eigenvalue weighted by Crippen LogP contribution is 2.03. The van der Waals surface area contributed by atoms with Gasteiger partial charge in [-0.3, -0.25) is 4.79 Å². The van der Waals surface area contributed by atoms with Crippen LogP contribution in [0.25, 0.3) is 0 Å². The van der Waals surface area contributed by atoms with E-state index in [1.54, 1.807) is 0 Å². The molecule has 2 N–H and O–H groups in total. The Morgan fingerprint density at radius 1 is 1.56 bits per heavy atom. The van der Waals surface area contributed by atoms with Gasteiger partial charge >= 0.3 is 0 Å². The van der Waals surface area contributed by atoms with Gasteiger partial charge in [0, 0.05) is 19.6 Å². The first-order valence-corrected chi connectivity index (χ1v) is 5.38. The predicted octanol–water partition coefficient (Wildman–Crippen LogP) is -0.537. The Kier molecular flexibility index (Phi) is 7.66. The summed E-state index contributed by atoms with van der Waals surface area (Å²) < 4.78 is 5.41. The van der Waals surface area contributed by atoms with Crippen molar-refractivity contribution in [1.82, 2.24) is 15.5 Å². The SMILES string of the molecule is C[C@H]1OCCN[C@@H]1C(=O)NCCN(C)C.Cl. The molecule has 96 valence electrons. The molecule has 2 atom stereocenters. The lowest BCUT2D eigenvalue weighted by Gasteiger charge is -2.29. The van der Waals surface area contributed by atoms with Crippen LogP contribution in [-0.2, 0) is 9.53 Å². The van der Waals surface area contributed by atoms with E-state index in [0.717, 1.165) is 13.1 Å². The molecule has 1 heterocycles. The Hall–Kier alpha value is -0.360. The fraction of sp³-hybridized carbons (Fsp3) is 0.900. The van der Waals surface area contributed by atoms with E-state index in [-0.39, 0.29) is 30.5 Å². The van der Waals surface area contributed by atoms with Crippen molar-refractivity contribution in [3.05, 3.63) is 0 Å². The maximum atomic E-state index is 11.7. The third kappa shape index (κ3) is 5.12. The summed E-state index contributed by atoms with van der Waals surface area (Å²) >= 11 is 0. The van der Waals surface area contributed by atoms with Crippen LogP contribution >= 0.6 is 12.4 Å². The minimum absolute atomic E-state index is 0. The maximum absolute atomic E-state index is 11.7. The normalized spacial score (nSPS) is 25.0. The molecular weight excluding hydrogens is 230 g/mol. The highest BCUT2D eigenvalue weighted by Gasteiger charge is 2.27. The lowest BCUT2D eigenvalue weighted by atomic mass is 10.1. The second kappa shape index (κ2) is 7.84. The van der Waals surface area contributed by atoms with Gasteiger partial charge in [-0.1, -0.05) is 0 Å². The number of rotatable bonds is 4. The number of hydrogen-bond donors (Lipinski definition) is 2. The summed E-state index contributed by atoms with van der Waals surface area (Å²) in [6.45, 7) is 4.88. The van der Waals surface area contributed by atoms with Crippen molar-refractivity contribution >= 4 is 18.3 Å². The number of hydrogen-bond acceptors (Lipinski definition) is 4. The average molecular weight is 252 g/mol. The summed E-state index contributed by atoms with van der Waals surface area (Å²) in [7, 11) is 3.97. The van der Waals surface area contributed by atoms with Gasteiger partial charge in [0.15, 0.2) is 0 Å². The quantitative estimate of drug-likeness (QED) is 0.705. The van der Waals surface area contributed by atoms with Gasteiger partial charge in [0.05, 0.1) is 12.7 Å². The van der Waals surface area contributed by atoms with Gasteiger partial charge in [-0.25, -0.2) is 0 Å². The van der Waals surface area contributed by atoms with E-state index >= 15 is 0 Å². The van der Waals surface area contributed by atoms with Crippen molar-refractivity contribution in [2.24, 2.45) is 0 Å². The van der Waals surface area contributed by atoms with Crippen LogP contribution in [0.3, 0.4) is 0 Å². The van der Waals surface area contributed by atoms with Crippen LogP contribution < -0.4 is 10.6 Å². The van der Waals surface area contributed by atoms with Crippen molar-refractivity contribution < 1.29 is 9.53 Å². The number of likely N-dealkylation sites (N-methyl/N-ethyl adjacent to an activating group) is 1. The van der Waals surface area contributed by atoms with Gasteiger partial charge < -0.3 is 20.3 Å². The number of carbonyl (C=O) groups excluding carboxylic acids is 1. The molecule has 0 aromatic carbocycles. The minimum Gasteiger partial charge on any atom is -0.375 e. The van der Waals surface area contributed by atoms with Crippen molar-refractivity contribution in [2.45, 2.75) is 19.1 Å². The molecule has 6 heteroatoms. The van der Waals surface area contributed by atoms with E-state index < -0.39 is 0 Å². The van der Waals surface area contributed by atoms with Crippen molar-refractivity contribution in [3.8, 4) is 0 Å². The Balaban J connectivity index is 0.00000225. The van der Waals surface area contributed by atoms with Crippen molar-refractivity contribution in [3.63, 3.8) is 0 Å². The summed E-state index contributed by atoms with van der Waals surface area (Å²) in [4.78, 5) is 13.8. The van der Waals surface area contributed by atoms with Gasteiger partial charge in [0.25, 0.3) is 0 Å². The van der Waals surface area contributed by atoms with Crippen LogP contribution in [-0.4, -0.2) is 63.3 Å². The van der Waals surface area contributed by atoms with E-state index in [9.17, 15) is 4.79 Å². The van der Waals surface area contributed by atoms with Gasteiger partial charge in [-0.05, 0) is 21.0 Å². The molecule has 0 spiro atoms. The molecule has 1 fully saturated rings. The lowest BCUT2D eigenvalue weighted by molar-refractivity contribution is -0.128. The Bertz CT molecular complexity index is 214. The van der Waals surface area contributed by atoms with Gasteiger partial charge in [0.1, 0.15) is 6.04 Å². The van der Waals surface area contributed by atoms with E-state index in [4.69, 9.17) is 4.74 Å². The molecule has 0 unspecified atom stereocenters. The molecule has 0 aromatic heterocycles. The fourth-order valence-corrected chi connectivity index (χ4v) is 1.54. The van der Waals surface area contributed by atoms with Crippen LogP contribution in [0.4, 0.5) is 0 Å². The number of ether oxygens (including phenoxy) is 1. The molecule has 16 heavy (non-hydrogen) atoms. The Morgan fingerprint density at radius 2 is 2.25 bits per heavy atom. The molecule has 1 rings (SSSR count). The molecule has 1 aliphatic rings. The second-order valence-electron chi connectivity index (χ2n) is 4.10. The number of amides is 1. The average Bonchev–Trinajstić information content (AvgIpc) is 2.17. The first kappa shape index (κ1) is 15.6. The maximum Gasteiger partial charge on any atom is 0.239 e. The van der Waals surface area contributed by atoms with Crippen LogP contribution in [0.5, 0.6) is 0 Å². The molecule has 0 aliphatic carbocycles. The van der Waals surface area contributed by atoms with Gasteiger partial charge in [-0.2, -0.15) is 0 Å². The van der Waals surface area contributed by atoms with Crippen LogP contribution in [0.15, 0.2) is 0 Å². The standard InChI is InChI=1S/C10H21N3O2.ClH/c1-8-9(11-5-7-15-8)10(14)12-4-6-13(2)3;/h8-9,11H,4-7H2,1-3H3,(H,12,14);1H/t8-,9+;/m1./s1. The lowest BCUT2D eigenvalue weighted by Crippen LogP contribution is -2.56. The molecule has 5 nitrogen and oxygen atoms in total. The number of morpholine rings is 1. The van der Waals surface area contributed by atoms with Gasteiger partial charge in [-0.15, -0.1) is 12.4 Å². The van der Waals surface area contributed by atoms with Crippen LogP contribution in [0.2, 0.25) is 0 Å². The number of nitrogens with one attached hydrogen (secondary N) is 2. The second-order valence-corrected chi connectivity index (χ2v) is 4.10. The first-order valence-electron chi connectivity index (χ1n) is 5.38. The Morgan fingerprint density at radius 3 is 2.81 bits per heavy atom. The summed E-state index contributed by atoms with van der Waals surface area (Å²) in [5, 5.41) is 6.05. The number of nitrogens with zero attached hydrogens (tertiary/aromatic N) is 1. The molecule has 0 bridgehead atoms. The molecular formula is C10H22ClN3O2. The summed E-state index contributed by atoms with van der Waals surface area (Å²) in [6.07, 6.45) is -0.0434. The predicted molar refractivity (Wildman–Crippen MR) is 66.0 cm³/mol. The van der Waals surface area contributed by atoms with Crippen LogP contribution in [0, 0.1) is 0 Å². The fourth-order valence-electron chi connectivity index (χ4n) is 1.54. The Labute approximate surface area is 103 Å². The van der Waals surface area contributed by atoms with E-state index in [0.29, 0.717) is 13.2 Å². The zero-order valence-electron chi connectivity index (χ0n) is 10.2. The van der Waals surface area contributed by atoms with Gasteiger partial charge in [0.2, 0.25) is 5.91 Å². The minimum atomic E-state index is -0.207. The topological polar surface area (TPSA) is 53.6 Å². The summed E-state index contributed by atoms with van der Waals surface area (Å²) in [5.74, 6) is 0.0315. The van der Waals surface area contributed by atoms with E-state index in [1.807, 2.05) is 25.9 Å². The third-order valence-electron chi connectivity index (χ3n) is 2.46. The van der Waals surface area contributed by atoms with Crippen molar-refractivity contribution in [2.75, 3.05) is 40.3 Å². The first-order chi connectivity index (χ1) is 7.11. The van der Waals surface area contributed by atoms with E-state index in [1.165, 1.54) is 0 Å². The molecule has 0 radical (unpaired) electrons. The molecule has 1 saturated heterocycles. The third-order valence-corrected chi connectivity index (χ3v) is 2.46. The zero-order chi connectivity index (χ0) is 11.3. The number of halogens is 1. The molecule has 1 amide bonds. The molecule has 0 aromatic rings. The largest absolute Gasteiger partial charge is 0.375 e. The molecule has 0 saturated carbocycles. The zero-order valence-corrected chi connectivity index (χ0v) is 11.0. The molecule has 1 aliphatic heterocycles. The highest BCUT2D eigenvalue weighted by molar-refractivity contribution is 5.85. The number of carbonyl (C=O) groups is 1. The summed E-state index contributed by atoms with van der Waals surface area (Å²) in [5.41, 5.74) is 0. The smallest absolute Gasteiger partial charge is 0.239 e. The summed E-state index contributed by atoms with van der Waals surface area (Å²) in [6, 6.07) is -0.207. The van der Waals surface area contributed by atoms with Crippen molar-refractivity contribution in [1.29, 1.82) is 0 Å². The van der Waals surface area contributed by atoms with E-state index in [2.05, 4.69) is 10.6 Å². The highest BCUT2D eigenvalue weighted by atomic mass is 35.5. The monoisotopic (exact) mass is 251 g/mol.